The summed E-state index contributed by atoms with van der Waals surface area (Å²) in [5.74, 6) is -0.706. The summed E-state index contributed by atoms with van der Waals surface area (Å²) in [6, 6.07) is 7.43. The smallest absolute Gasteiger partial charge is 0.871 e. The number of halogens is 2. The van der Waals surface area contributed by atoms with Gasteiger partial charge >= 0.3 is 51.4 Å². The average molecular weight is 544 g/mol. The van der Waals surface area contributed by atoms with Gasteiger partial charge < -0.3 is 9.95 Å². The third-order valence-electron chi connectivity index (χ3n) is 4.75. The second-order valence-corrected chi connectivity index (χ2v) is 9.62. The molecule has 1 aromatic carbocycles. The SMILES string of the molecule is [C-]#[N+]C(CC)C(=O)c1ccc(C(=O)CN=C(C)c2csc(-c3ccc(Cl)c(Cl)c3)c2[O-])s1.[K+]. The number of rotatable bonds is 8. The molecule has 1 atom stereocenters. The maximum Gasteiger partial charge on any atom is 1.00 e. The van der Waals surface area contributed by atoms with Crippen LogP contribution in [-0.4, -0.2) is 29.9 Å². The van der Waals surface area contributed by atoms with Crippen molar-refractivity contribution in [3.63, 3.8) is 0 Å². The van der Waals surface area contributed by atoms with Crippen LogP contribution in [0.1, 0.15) is 45.2 Å². The number of hydrogen-bond donors (Lipinski definition) is 0. The van der Waals surface area contributed by atoms with E-state index in [2.05, 4.69) is 9.84 Å². The zero-order valence-corrected chi connectivity index (χ0v) is 24.4. The van der Waals surface area contributed by atoms with Crippen molar-refractivity contribution >= 4 is 63.2 Å². The quantitative estimate of drug-likeness (QED) is 0.189. The van der Waals surface area contributed by atoms with Gasteiger partial charge in [0.15, 0.2) is 5.78 Å². The summed E-state index contributed by atoms with van der Waals surface area (Å²) in [6.45, 7) is 10.4. The van der Waals surface area contributed by atoms with Crippen LogP contribution < -0.4 is 56.5 Å². The number of carbonyl (C=O) groups is 2. The predicted octanol–water partition coefficient (Wildman–Crippen LogP) is 3.43. The van der Waals surface area contributed by atoms with Crippen LogP contribution in [-0.2, 0) is 0 Å². The van der Waals surface area contributed by atoms with E-state index in [0.717, 1.165) is 11.3 Å². The minimum absolute atomic E-state index is 0. The summed E-state index contributed by atoms with van der Waals surface area (Å²) < 4.78 is 0. The van der Waals surface area contributed by atoms with Crippen LogP contribution in [0.25, 0.3) is 15.3 Å². The van der Waals surface area contributed by atoms with E-state index >= 15 is 0 Å². The summed E-state index contributed by atoms with van der Waals surface area (Å²) in [7, 11) is 0. The van der Waals surface area contributed by atoms with E-state index in [0.29, 0.717) is 47.9 Å². The maximum absolute atomic E-state index is 12.8. The molecule has 33 heavy (non-hydrogen) atoms. The fourth-order valence-corrected chi connectivity index (χ4v) is 5.12. The van der Waals surface area contributed by atoms with Gasteiger partial charge in [-0.2, -0.15) is 0 Å². The fraction of sp³-hybridized carbons (Fsp3) is 0.217. The van der Waals surface area contributed by atoms with Crippen LogP contribution >= 0.6 is 45.9 Å². The maximum atomic E-state index is 12.8. The number of nitrogens with zero attached hydrogens (tertiary/aromatic N) is 2. The third kappa shape index (κ3) is 6.63. The Bertz CT molecular complexity index is 1260. The molecule has 3 aromatic rings. The molecule has 10 heteroatoms. The van der Waals surface area contributed by atoms with E-state index in [1.165, 1.54) is 11.3 Å². The Labute approximate surface area is 252 Å². The molecule has 2 heterocycles. The van der Waals surface area contributed by atoms with Crippen molar-refractivity contribution in [2.45, 2.75) is 26.3 Å². The minimum Gasteiger partial charge on any atom is -0.871 e. The van der Waals surface area contributed by atoms with Crippen molar-refractivity contribution in [2.24, 2.45) is 4.99 Å². The van der Waals surface area contributed by atoms with Gasteiger partial charge in [-0.15, -0.1) is 22.7 Å². The molecule has 0 fully saturated rings. The third-order valence-corrected chi connectivity index (χ3v) is 7.64. The van der Waals surface area contributed by atoms with E-state index in [4.69, 9.17) is 29.8 Å². The zero-order chi connectivity index (χ0) is 23.4. The molecule has 0 radical (unpaired) electrons. The first-order chi connectivity index (χ1) is 15.3. The normalized spacial score (nSPS) is 12.0. The Kier molecular flexibility index (Phi) is 10.9. The molecule has 0 aliphatic rings. The minimum atomic E-state index is -0.726. The molecule has 0 bridgehead atoms. The van der Waals surface area contributed by atoms with Crippen LogP contribution in [0.15, 0.2) is 40.7 Å². The molecule has 5 nitrogen and oxygen atoms in total. The summed E-state index contributed by atoms with van der Waals surface area (Å²) in [6.07, 6.45) is 0.426. The largest absolute Gasteiger partial charge is 1.00 e. The monoisotopic (exact) mass is 542 g/mol. The summed E-state index contributed by atoms with van der Waals surface area (Å²) in [4.78, 5) is 33.8. The Balaban J connectivity index is 0.00000385. The molecular weight excluding hydrogens is 526 g/mol. The van der Waals surface area contributed by atoms with E-state index in [1.807, 2.05) is 0 Å². The van der Waals surface area contributed by atoms with Gasteiger partial charge in [0.2, 0.25) is 0 Å². The van der Waals surface area contributed by atoms with Gasteiger partial charge in [0, 0.05) is 17.0 Å². The van der Waals surface area contributed by atoms with E-state index < -0.39 is 6.04 Å². The van der Waals surface area contributed by atoms with Crippen molar-refractivity contribution in [3.05, 3.63) is 72.5 Å². The van der Waals surface area contributed by atoms with Crippen molar-refractivity contribution in [1.82, 2.24) is 0 Å². The molecule has 0 aliphatic heterocycles. The van der Waals surface area contributed by atoms with Crippen LogP contribution in [0.4, 0.5) is 0 Å². The first-order valence-corrected chi connectivity index (χ1v) is 12.0. The van der Waals surface area contributed by atoms with Crippen LogP contribution in [0.5, 0.6) is 5.75 Å². The topological polar surface area (TPSA) is 73.9 Å². The summed E-state index contributed by atoms with van der Waals surface area (Å²) in [5.41, 5.74) is 1.55. The first kappa shape index (κ1) is 28.4. The molecule has 164 valence electrons. The molecule has 1 unspecified atom stereocenters. The number of aliphatic imine (C=N–C) groups is 1. The number of Topliss-reactive ketones (excluding diaryl/α,β-unsaturated/α-hetero) is 2. The second kappa shape index (κ2) is 12.7. The summed E-state index contributed by atoms with van der Waals surface area (Å²) in [5, 5.41) is 15.3. The molecule has 0 spiro atoms. The number of thiophene rings is 2. The molecule has 0 saturated carbocycles. The molecule has 0 N–H and O–H groups in total. The van der Waals surface area contributed by atoms with Crippen molar-refractivity contribution in [3.8, 4) is 16.2 Å². The molecule has 0 amide bonds. The number of carbonyl (C=O) groups excluding carboxylic acids is 2. The van der Waals surface area contributed by atoms with Crippen molar-refractivity contribution in [1.29, 1.82) is 0 Å². The zero-order valence-electron chi connectivity index (χ0n) is 18.1. The Morgan fingerprint density at radius 1 is 1.18 bits per heavy atom. The molecule has 0 aliphatic carbocycles. The van der Waals surface area contributed by atoms with Crippen molar-refractivity contribution in [2.75, 3.05) is 6.54 Å². The second-order valence-electron chi connectivity index (χ2n) is 6.84. The van der Waals surface area contributed by atoms with Gasteiger partial charge in [0.1, 0.15) is 6.54 Å². The van der Waals surface area contributed by atoms with Gasteiger partial charge in [0.05, 0.1) is 19.8 Å². The molecule has 2 aromatic heterocycles. The predicted molar refractivity (Wildman–Crippen MR) is 130 cm³/mol. The van der Waals surface area contributed by atoms with E-state index in [9.17, 15) is 14.7 Å². The van der Waals surface area contributed by atoms with Gasteiger partial charge in [-0.1, -0.05) is 41.9 Å². The van der Waals surface area contributed by atoms with Gasteiger partial charge in [-0.25, -0.2) is 6.57 Å². The van der Waals surface area contributed by atoms with Gasteiger partial charge in [-0.3, -0.25) is 14.6 Å². The van der Waals surface area contributed by atoms with Gasteiger partial charge in [-0.05, 0) is 47.7 Å². The van der Waals surface area contributed by atoms with Crippen LogP contribution in [0, 0.1) is 6.57 Å². The van der Waals surface area contributed by atoms with Crippen LogP contribution in [0.3, 0.4) is 0 Å². The average Bonchev–Trinajstić information content (AvgIpc) is 3.42. The van der Waals surface area contributed by atoms with Gasteiger partial charge in [0.25, 0.3) is 11.8 Å². The first-order valence-electron chi connectivity index (χ1n) is 9.56. The molecular formula is C23H17Cl2KN2O3S2. The number of benzene rings is 1. The Hall–Kier alpha value is -0.864. The number of ketones is 2. The van der Waals surface area contributed by atoms with E-state index in [1.54, 1.807) is 49.6 Å². The van der Waals surface area contributed by atoms with E-state index in [-0.39, 0.29) is 75.2 Å². The standard InChI is InChI=1S/C23H18Cl2N2O3S2.K/c1-4-17(26-3)22(30)20-8-7-19(32-20)18(28)10-27-12(2)14-11-31-23(21(14)29)13-5-6-15(24)16(25)9-13;/h5-9,11,17,29H,4,10H2,1-2H3;/q;+1/p-1. The molecule has 0 saturated heterocycles. The fourth-order valence-electron chi connectivity index (χ4n) is 2.91. The Morgan fingerprint density at radius 2 is 1.88 bits per heavy atom. The molecule has 3 rings (SSSR count). The van der Waals surface area contributed by atoms with Crippen LogP contribution in [0.2, 0.25) is 10.0 Å². The Morgan fingerprint density at radius 3 is 2.52 bits per heavy atom. The number of hydrogen-bond acceptors (Lipinski definition) is 6. The van der Waals surface area contributed by atoms with Crippen molar-refractivity contribution < 1.29 is 66.1 Å². The summed E-state index contributed by atoms with van der Waals surface area (Å²) >= 11 is 14.3.